The smallest absolute Gasteiger partial charge is 0.281 e. The van der Waals surface area contributed by atoms with E-state index >= 15 is 0 Å². The lowest BCUT2D eigenvalue weighted by molar-refractivity contribution is -0.118. The molecule has 0 radical (unpaired) electrons. The Morgan fingerprint density at radius 2 is 1.97 bits per heavy atom. The van der Waals surface area contributed by atoms with Crippen molar-refractivity contribution in [1.82, 2.24) is 19.9 Å². The standard InChI is InChI=1S/C28H28F2N6O3/c1-35-5-4-28(15-35)12-20(28)26(37)34-23-11-17-18(13-31-23)24(25(29)30)32-14-19(17)27-33-21-10-16(2-3-22(21)39-27)36-6-8-38-9-7-36/h2-3,10-11,13-14,20,25H,4-9,12,15H2,1H3,(H,31,34,37). The Hall–Kier alpha value is -3.70. The van der Waals surface area contributed by atoms with Crippen molar-refractivity contribution < 1.29 is 22.7 Å². The Balaban J connectivity index is 1.23. The van der Waals surface area contributed by atoms with E-state index < -0.39 is 6.43 Å². The lowest BCUT2D eigenvalue weighted by Crippen LogP contribution is -2.36. The third-order valence-corrected chi connectivity index (χ3v) is 8.32. The molecule has 39 heavy (non-hydrogen) atoms. The molecule has 4 aromatic rings. The Bertz CT molecular complexity index is 1590. The number of pyridine rings is 2. The molecule has 1 aromatic carbocycles. The SMILES string of the molecule is CN1CCC2(CC2C(=O)Nc2cc3c(-c4nc5cc(N6CCOCC6)ccc5o4)cnc(C(F)F)c3cn2)C1. The van der Waals surface area contributed by atoms with E-state index in [0.29, 0.717) is 41.1 Å². The van der Waals surface area contributed by atoms with Crippen LogP contribution < -0.4 is 10.2 Å². The average molecular weight is 535 g/mol. The van der Waals surface area contributed by atoms with Crippen LogP contribution in [0.4, 0.5) is 20.3 Å². The lowest BCUT2D eigenvalue weighted by Gasteiger charge is -2.28. The van der Waals surface area contributed by atoms with Gasteiger partial charge in [-0.1, -0.05) is 0 Å². The summed E-state index contributed by atoms with van der Waals surface area (Å²) in [5, 5.41) is 3.55. The fraction of sp³-hybridized carbons (Fsp3) is 0.429. The zero-order valence-electron chi connectivity index (χ0n) is 21.5. The molecular formula is C28H28F2N6O3. The topological polar surface area (TPSA) is 96.6 Å². The maximum absolute atomic E-state index is 13.8. The van der Waals surface area contributed by atoms with Gasteiger partial charge >= 0.3 is 0 Å². The highest BCUT2D eigenvalue weighted by Crippen LogP contribution is 2.58. The van der Waals surface area contributed by atoms with Crippen molar-refractivity contribution >= 4 is 39.3 Å². The van der Waals surface area contributed by atoms with Gasteiger partial charge in [-0.3, -0.25) is 9.78 Å². The molecule has 5 heterocycles. The fourth-order valence-electron chi connectivity index (χ4n) is 6.11. The Morgan fingerprint density at radius 3 is 2.74 bits per heavy atom. The van der Waals surface area contributed by atoms with Gasteiger partial charge in [0.25, 0.3) is 6.43 Å². The first kappa shape index (κ1) is 24.3. The summed E-state index contributed by atoms with van der Waals surface area (Å²) in [6, 6.07) is 7.40. The van der Waals surface area contributed by atoms with Crippen LogP contribution in [0.2, 0.25) is 0 Å². The normalized spacial score (nSPS) is 23.4. The summed E-state index contributed by atoms with van der Waals surface area (Å²) >= 11 is 0. The minimum absolute atomic E-state index is 0.0475. The number of morpholine rings is 1. The van der Waals surface area contributed by atoms with Gasteiger partial charge in [0.2, 0.25) is 11.8 Å². The van der Waals surface area contributed by atoms with Crippen LogP contribution in [0.3, 0.4) is 0 Å². The number of hydrogen-bond donors (Lipinski definition) is 1. The van der Waals surface area contributed by atoms with Gasteiger partial charge in [0, 0.05) is 54.4 Å². The number of carbonyl (C=O) groups excluding carboxylic acids is 1. The van der Waals surface area contributed by atoms with E-state index in [-0.39, 0.29) is 34.2 Å². The lowest BCUT2D eigenvalue weighted by atomic mass is 10.0. The van der Waals surface area contributed by atoms with Crippen molar-refractivity contribution in [1.29, 1.82) is 0 Å². The Labute approximate surface area is 223 Å². The molecule has 9 nitrogen and oxygen atoms in total. The number of nitrogens with zero attached hydrogens (tertiary/aromatic N) is 5. The predicted molar refractivity (Wildman–Crippen MR) is 142 cm³/mol. The van der Waals surface area contributed by atoms with Crippen molar-refractivity contribution in [3.05, 3.63) is 42.4 Å². The molecule has 2 unspecified atom stereocenters. The quantitative estimate of drug-likeness (QED) is 0.400. The molecule has 1 amide bonds. The van der Waals surface area contributed by atoms with E-state index in [1.165, 1.54) is 12.4 Å². The number of amides is 1. The molecule has 202 valence electrons. The summed E-state index contributed by atoms with van der Waals surface area (Å²) in [7, 11) is 2.07. The van der Waals surface area contributed by atoms with Gasteiger partial charge in [-0.2, -0.15) is 0 Å². The number of benzene rings is 1. The van der Waals surface area contributed by atoms with Crippen LogP contribution in [0.15, 0.2) is 41.1 Å². The maximum atomic E-state index is 13.8. The van der Waals surface area contributed by atoms with Gasteiger partial charge in [-0.05, 0) is 56.1 Å². The summed E-state index contributed by atoms with van der Waals surface area (Å²) in [5.74, 6) is 0.422. The number of aromatic nitrogens is 3. The molecule has 3 aromatic heterocycles. The Kier molecular flexibility index (Phi) is 5.74. The van der Waals surface area contributed by atoms with Crippen molar-refractivity contribution in [3.63, 3.8) is 0 Å². The first-order valence-electron chi connectivity index (χ1n) is 13.2. The van der Waals surface area contributed by atoms with E-state index in [1.54, 1.807) is 6.07 Å². The number of nitrogens with one attached hydrogen (secondary N) is 1. The summed E-state index contributed by atoms with van der Waals surface area (Å²) in [6.07, 6.45) is 1.78. The molecule has 2 atom stereocenters. The molecular weight excluding hydrogens is 506 g/mol. The zero-order chi connectivity index (χ0) is 26.7. The molecule has 1 spiro atoms. The van der Waals surface area contributed by atoms with Gasteiger partial charge < -0.3 is 24.3 Å². The minimum atomic E-state index is -2.78. The maximum Gasteiger partial charge on any atom is 0.281 e. The van der Waals surface area contributed by atoms with E-state index in [1.807, 2.05) is 18.2 Å². The summed E-state index contributed by atoms with van der Waals surface area (Å²) < 4.78 is 39.2. The minimum Gasteiger partial charge on any atom is -0.436 e. The number of oxazole rings is 1. The number of likely N-dealkylation sites (tertiary alicyclic amines) is 1. The summed E-state index contributed by atoms with van der Waals surface area (Å²) in [4.78, 5) is 30.5. The first-order valence-corrected chi connectivity index (χ1v) is 13.2. The molecule has 1 aliphatic carbocycles. The molecule has 3 fully saturated rings. The monoisotopic (exact) mass is 534 g/mol. The van der Waals surface area contributed by atoms with Crippen LogP contribution in [0.1, 0.15) is 25.0 Å². The Morgan fingerprint density at radius 1 is 1.13 bits per heavy atom. The number of anilines is 2. The molecule has 2 aliphatic heterocycles. The largest absolute Gasteiger partial charge is 0.436 e. The number of rotatable bonds is 5. The van der Waals surface area contributed by atoms with E-state index in [2.05, 4.69) is 37.1 Å². The van der Waals surface area contributed by atoms with Gasteiger partial charge in [-0.15, -0.1) is 0 Å². The van der Waals surface area contributed by atoms with Crippen molar-refractivity contribution in [2.24, 2.45) is 11.3 Å². The molecule has 0 bridgehead atoms. The van der Waals surface area contributed by atoms with Gasteiger partial charge in [0.05, 0.1) is 18.8 Å². The highest BCUT2D eigenvalue weighted by atomic mass is 19.3. The van der Waals surface area contributed by atoms with Crippen LogP contribution in [0.5, 0.6) is 0 Å². The molecule has 1 saturated carbocycles. The summed E-state index contributed by atoms with van der Waals surface area (Å²) in [5.41, 5.74) is 2.38. The summed E-state index contributed by atoms with van der Waals surface area (Å²) in [6.45, 7) is 4.82. The van der Waals surface area contributed by atoms with E-state index in [4.69, 9.17) is 9.15 Å². The highest BCUT2D eigenvalue weighted by Gasteiger charge is 2.60. The molecule has 3 aliphatic rings. The number of alkyl halides is 2. The van der Waals surface area contributed by atoms with Gasteiger partial charge in [0.15, 0.2) is 5.58 Å². The number of carbonyl (C=O) groups is 1. The van der Waals surface area contributed by atoms with E-state index in [9.17, 15) is 13.6 Å². The third-order valence-electron chi connectivity index (χ3n) is 8.32. The van der Waals surface area contributed by atoms with E-state index in [0.717, 1.165) is 44.7 Å². The predicted octanol–water partition coefficient (Wildman–Crippen LogP) is 4.49. The second-order valence-electron chi connectivity index (χ2n) is 10.8. The number of hydrogen-bond acceptors (Lipinski definition) is 8. The van der Waals surface area contributed by atoms with Crippen LogP contribution in [-0.4, -0.2) is 72.2 Å². The van der Waals surface area contributed by atoms with Crippen molar-refractivity contribution in [3.8, 4) is 11.5 Å². The van der Waals surface area contributed by atoms with Gasteiger partial charge in [-0.25, -0.2) is 18.7 Å². The molecule has 2 saturated heterocycles. The van der Waals surface area contributed by atoms with Crippen LogP contribution in [0.25, 0.3) is 33.3 Å². The zero-order valence-corrected chi connectivity index (χ0v) is 21.5. The second kappa shape index (κ2) is 9.20. The van der Waals surface area contributed by atoms with Crippen LogP contribution in [0, 0.1) is 11.3 Å². The van der Waals surface area contributed by atoms with Gasteiger partial charge in [0.1, 0.15) is 17.0 Å². The number of ether oxygens (including phenoxy) is 1. The first-order chi connectivity index (χ1) is 18.9. The number of halogens is 2. The third kappa shape index (κ3) is 4.29. The molecule has 1 N–H and O–H groups in total. The molecule has 11 heteroatoms. The van der Waals surface area contributed by atoms with Crippen LogP contribution in [-0.2, 0) is 9.53 Å². The highest BCUT2D eigenvalue weighted by molar-refractivity contribution is 6.00. The van der Waals surface area contributed by atoms with Crippen LogP contribution >= 0.6 is 0 Å². The van der Waals surface area contributed by atoms with Crippen molar-refractivity contribution in [2.45, 2.75) is 19.3 Å². The molecule has 7 rings (SSSR count). The number of fused-ring (bicyclic) bond motifs is 2. The fourth-order valence-corrected chi connectivity index (χ4v) is 6.11. The average Bonchev–Trinajstić information content (AvgIpc) is 3.27. The second-order valence-corrected chi connectivity index (χ2v) is 10.8. The van der Waals surface area contributed by atoms with Crippen molar-refractivity contribution in [2.75, 3.05) is 56.7 Å².